The lowest BCUT2D eigenvalue weighted by molar-refractivity contribution is 0.174. The summed E-state index contributed by atoms with van der Waals surface area (Å²) in [7, 11) is 0. The molecule has 1 fully saturated rings. The number of fused-ring (bicyclic) bond motifs is 7. The van der Waals surface area contributed by atoms with E-state index in [-0.39, 0.29) is 17.6 Å². The summed E-state index contributed by atoms with van der Waals surface area (Å²) in [5.41, 5.74) is 4.51. The number of halogens is 1. The lowest BCUT2D eigenvalue weighted by atomic mass is 9.70. The van der Waals surface area contributed by atoms with Crippen LogP contribution in [-0.4, -0.2) is 22.1 Å². The van der Waals surface area contributed by atoms with Gasteiger partial charge < -0.3 is 9.47 Å². The monoisotopic (exact) mass is 360 g/mol. The number of alkyl halides is 1. The van der Waals surface area contributed by atoms with Gasteiger partial charge in [0.05, 0.1) is 22.4 Å². The fraction of sp³-hybridized carbons (Fsp3) is 0.529. The third kappa shape index (κ3) is 1.31. The number of benzene rings is 1. The van der Waals surface area contributed by atoms with Crippen molar-refractivity contribution in [1.29, 1.82) is 0 Å². The minimum Gasteiger partial charge on any atom is -0.454 e. The van der Waals surface area contributed by atoms with Gasteiger partial charge in [0.25, 0.3) is 0 Å². The maximum Gasteiger partial charge on any atom is 0.231 e. The maximum atomic E-state index is 5.48. The minimum atomic E-state index is 0.105. The standard InChI is InChI=1S/C17H17BrN2O2/c1-16-4-3-9(17(16,2)7-18)14-15(16)20-11-6-13-12(21-8-22-13)5-10(11)19-14/h5-6,9H,3-4,7-8H2,1-2H3. The highest BCUT2D eigenvalue weighted by Crippen LogP contribution is 2.67. The first-order valence-corrected chi connectivity index (χ1v) is 8.87. The second-order valence-corrected chi connectivity index (χ2v) is 7.69. The van der Waals surface area contributed by atoms with Gasteiger partial charge in [0.1, 0.15) is 0 Å². The first-order valence-electron chi connectivity index (χ1n) is 7.74. The predicted molar refractivity (Wildman–Crippen MR) is 86.9 cm³/mol. The molecule has 114 valence electrons. The molecule has 1 aromatic carbocycles. The molecular formula is C17H17BrN2O2. The molecule has 2 heterocycles. The zero-order valence-electron chi connectivity index (χ0n) is 12.6. The SMILES string of the molecule is CC12CCC(c3nc4cc5c(cc4nc31)OCO5)C2(C)CBr. The highest BCUT2D eigenvalue weighted by Gasteiger charge is 2.63. The smallest absolute Gasteiger partial charge is 0.231 e. The van der Waals surface area contributed by atoms with Gasteiger partial charge >= 0.3 is 0 Å². The van der Waals surface area contributed by atoms with Gasteiger partial charge in [-0.3, -0.25) is 0 Å². The zero-order valence-corrected chi connectivity index (χ0v) is 14.2. The largest absolute Gasteiger partial charge is 0.454 e. The Balaban J connectivity index is 1.79. The molecule has 3 unspecified atom stereocenters. The lowest BCUT2D eigenvalue weighted by Gasteiger charge is -2.36. The molecule has 5 rings (SSSR count). The summed E-state index contributed by atoms with van der Waals surface area (Å²) in [6.07, 6.45) is 2.40. The second-order valence-electron chi connectivity index (χ2n) is 7.13. The van der Waals surface area contributed by atoms with Crippen LogP contribution >= 0.6 is 15.9 Å². The van der Waals surface area contributed by atoms with Crippen LogP contribution in [0.25, 0.3) is 11.0 Å². The summed E-state index contributed by atoms with van der Waals surface area (Å²) < 4.78 is 10.9. The van der Waals surface area contributed by atoms with Crippen molar-refractivity contribution in [2.45, 2.75) is 38.0 Å². The minimum absolute atomic E-state index is 0.105. The molecule has 0 amide bonds. The van der Waals surface area contributed by atoms with E-state index in [1.165, 1.54) is 24.2 Å². The number of rotatable bonds is 1. The van der Waals surface area contributed by atoms with Gasteiger partial charge in [-0.1, -0.05) is 29.8 Å². The molecule has 0 radical (unpaired) electrons. The van der Waals surface area contributed by atoms with Crippen LogP contribution in [0.3, 0.4) is 0 Å². The third-order valence-electron chi connectivity index (χ3n) is 6.28. The van der Waals surface area contributed by atoms with Gasteiger partial charge in [-0.25, -0.2) is 9.97 Å². The fourth-order valence-electron chi connectivity index (χ4n) is 4.60. The molecular weight excluding hydrogens is 344 g/mol. The molecule has 0 spiro atoms. The summed E-state index contributed by atoms with van der Waals surface area (Å²) in [5.74, 6) is 2.05. The highest BCUT2D eigenvalue weighted by atomic mass is 79.9. The Morgan fingerprint density at radius 2 is 1.86 bits per heavy atom. The Bertz CT molecular complexity index is 824. The summed E-state index contributed by atoms with van der Waals surface area (Å²) in [5, 5.41) is 0.984. The van der Waals surface area contributed by atoms with Crippen molar-refractivity contribution in [3.8, 4) is 11.5 Å². The zero-order chi connectivity index (χ0) is 15.1. The van der Waals surface area contributed by atoms with Crippen LogP contribution in [0.2, 0.25) is 0 Å². The maximum absolute atomic E-state index is 5.48. The third-order valence-corrected chi connectivity index (χ3v) is 7.44. The Kier molecular flexibility index (Phi) is 2.35. The number of hydrogen-bond acceptors (Lipinski definition) is 4. The normalized spacial score (nSPS) is 34.4. The van der Waals surface area contributed by atoms with Crippen molar-refractivity contribution < 1.29 is 9.47 Å². The average molecular weight is 361 g/mol. The van der Waals surface area contributed by atoms with Gasteiger partial charge in [-0.05, 0) is 18.3 Å². The molecule has 3 aliphatic rings. The first-order chi connectivity index (χ1) is 10.6. The summed E-state index contributed by atoms with van der Waals surface area (Å²) >= 11 is 3.75. The number of hydrogen-bond donors (Lipinski definition) is 0. The lowest BCUT2D eigenvalue weighted by Crippen LogP contribution is -2.36. The molecule has 22 heavy (non-hydrogen) atoms. The van der Waals surface area contributed by atoms with Crippen molar-refractivity contribution in [2.24, 2.45) is 5.41 Å². The molecule has 2 bridgehead atoms. The van der Waals surface area contributed by atoms with Gasteiger partial charge in [0.15, 0.2) is 11.5 Å². The Labute approximate surface area is 137 Å². The van der Waals surface area contributed by atoms with E-state index in [0.29, 0.717) is 5.92 Å². The van der Waals surface area contributed by atoms with Crippen LogP contribution in [0.5, 0.6) is 11.5 Å². The summed E-state index contributed by atoms with van der Waals surface area (Å²) in [6.45, 7) is 5.01. The molecule has 0 saturated heterocycles. The highest BCUT2D eigenvalue weighted by molar-refractivity contribution is 9.09. The predicted octanol–water partition coefficient (Wildman–Crippen LogP) is 3.91. The first kappa shape index (κ1) is 13.1. The fourth-order valence-corrected chi connectivity index (χ4v) is 5.61. The molecule has 3 atom stereocenters. The van der Waals surface area contributed by atoms with Crippen molar-refractivity contribution in [1.82, 2.24) is 9.97 Å². The van der Waals surface area contributed by atoms with Crippen LogP contribution in [0.4, 0.5) is 0 Å². The Morgan fingerprint density at radius 3 is 2.55 bits per heavy atom. The van der Waals surface area contributed by atoms with Crippen LogP contribution in [0, 0.1) is 5.41 Å². The number of ether oxygens (including phenoxy) is 2. The quantitative estimate of drug-likeness (QED) is 0.723. The number of aromatic nitrogens is 2. The Hall–Kier alpha value is -1.36. The van der Waals surface area contributed by atoms with E-state index in [0.717, 1.165) is 27.9 Å². The molecule has 5 heteroatoms. The second kappa shape index (κ2) is 3.94. The van der Waals surface area contributed by atoms with Crippen molar-refractivity contribution in [2.75, 3.05) is 12.1 Å². The molecule has 2 aromatic rings. The molecule has 1 aromatic heterocycles. The number of nitrogens with zero attached hydrogens (tertiary/aromatic N) is 2. The van der Waals surface area contributed by atoms with Gasteiger partial charge in [0, 0.05) is 28.8 Å². The molecule has 1 saturated carbocycles. The van der Waals surface area contributed by atoms with E-state index in [2.05, 4.69) is 29.8 Å². The van der Waals surface area contributed by atoms with Crippen molar-refractivity contribution >= 4 is 27.0 Å². The van der Waals surface area contributed by atoms with Crippen LogP contribution < -0.4 is 9.47 Å². The van der Waals surface area contributed by atoms with Gasteiger partial charge in [0.2, 0.25) is 6.79 Å². The van der Waals surface area contributed by atoms with E-state index < -0.39 is 0 Å². The van der Waals surface area contributed by atoms with Gasteiger partial charge in [-0.2, -0.15) is 0 Å². The molecule has 4 nitrogen and oxygen atoms in total. The van der Waals surface area contributed by atoms with E-state index >= 15 is 0 Å². The van der Waals surface area contributed by atoms with Crippen LogP contribution in [0.15, 0.2) is 12.1 Å². The Morgan fingerprint density at radius 1 is 1.18 bits per heavy atom. The summed E-state index contributed by atoms with van der Waals surface area (Å²) in [4.78, 5) is 10.00. The van der Waals surface area contributed by atoms with Crippen LogP contribution in [-0.2, 0) is 5.41 Å². The molecule has 0 N–H and O–H groups in total. The van der Waals surface area contributed by atoms with Gasteiger partial charge in [-0.15, -0.1) is 0 Å². The average Bonchev–Trinajstić information content (AvgIpc) is 3.12. The topological polar surface area (TPSA) is 44.2 Å². The van der Waals surface area contributed by atoms with E-state index in [4.69, 9.17) is 19.4 Å². The molecule has 2 aliphatic carbocycles. The van der Waals surface area contributed by atoms with E-state index in [1.807, 2.05) is 12.1 Å². The van der Waals surface area contributed by atoms with E-state index in [9.17, 15) is 0 Å². The molecule has 1 aliphatic heterocycles. The van der Waals surface area contributed by atoms with E-state index in [1.54, 1.807) is 0 Å². The van der Waals surface area contributed by atoms with Crippen molar-refractivity contribution in [3.05, 3.63) is 23.5 Å². The van der Waals surface area contributed by atoms with Crippen molar-refractivity contribution in [3.63, 3.8) is 0 Å². The van der Waals surface area contributed by atoms with Crippen LogP contribution in [0.1, 0.15) is 44.0 Å². The summed E-state index contributed by atoms with van der Waals surface area (Å²) in [6, 6.07) is 3.93.